The van der Waals surface area contributed by atoms with Crippen molar-refractivity contribution in [2.24, 2.45) is 0 Å². The third-order valence-electron chi connectivity index (χ3n) is 11.2. The molecule has 0 saturated heterocycles. The normalized spacial score (nSPS) is 11.5. The Balaban J connectivity index is 0.981. The van der Waals surface area contributed by atoms with Gasteiger partial charge in [0.15, 0.2) is 0 Å². The first-order valence-electron chi connectivity index (χ1n) is 20.8. The SMILES string of the molecule is C=C(/C=C\C=C(/C)c1ccc(-c2ccccc2)cc1)c1cccc(-c2cc(-c3ccccc3)nc(-c3cccc(-c4cccc(-c5ccc(-c6ccccc6)cc5)c4)c3)c2)c1. The number of hydrogen-bond donors (Lipinski definition) is 0. The van der Waals surface area contributed by atoms with E-state index in [0.717, 1.165) is 55.9 Å². The molecule has 0 aliphatic rings. The number of rotatable bonds is 11. The molecule has 0 radical (unpaired) electrons. The van der Waals surface area contributed by atoms with Crippen LogP contribution in [0.15, 0.2) is 249 Å². The fourth-order valence-corrected chi connectivity index (χ4v) is 7.78. The average molecular weight is 780 g/mol. The first-order valence-corrected chi connectivity index (χ1v) is 20.8. The molecule has 8 aromatic carbocycles. The fraction of sp³-hybridized carbons (Fsp3) is 0.0167. The molecule has 1 heterocycles. The van der Waals surface area contributed by atoms with Gasteiger partial charge in [-0.25, -0.2) is 4.98 Å². The van der Waals surface area contributed by atoms with Crippen molar-refractivity contribution in [1.29, 1.82) is 0 Å². The number of pyridine rings is 1. The molecule has 0 aliphatic heterocycles. The summed E-state index contributed by atoms with van der Waals surface area (Å²) in [4.78, 5) is 5.26. The molecule has 0 atom stereocenters. The van der Waals surface area contributed by atoms with E-state index >= 15 is 0 Å². The minimum Gasteiger partial charge on any atom is -0.248 e. The van der Waals surface area contributed by atoms with Crippen LogP contribution < -0.4 is 0 Å². The summed E-state index contributed by atoms with van der Waals surface area (Å²) >= 11 is 0. The average Bonchev–Trinajstić information content (AvgIpc) is 3.35. The Morgan fingerprint density at radius 3 is 1.31 bits per heavy atom. The molecule has 61 heavy (non-hydrogen) atoms. The molecule has 9 aromatic rings. The highest BCUT2D eigenvalue weighted by Crippen LogP contribution is 2.35. The van der Waals surface area contributed by atoms with Crippen LogP contribution in [-0.4, -0.2) is 4.98 Å². The van der Waals surface area contributed by atoms with E-state index in [1.165, 1.54) is 44.5 Å². The van der Waals surface area contributed by atoms with Gasteiger partial charge in [-0.15, -0.1) is 0 Å². The molecule has 0 spiro atoms. The van der Waals surface area contributed by atoms with Crippen LogP contribution in [0.3, 0.4) is 0 Å². The fourth-order valence-electron chi connectivity index (χ4n) is 7.78. The summed E-state index contributed by atoms with van der Waals surface area (Å²) in [5, 5.41) is 0. The van der Waals surface area contributed by atoms with E-state index in [-0.39, 0.29) is 0 Å². The smallest absolute Gasteiger partial charge is 0.0715 e. The summed E-state index contributed by atoms with van der Waals surface area (Å²) in [5.41, 5.74) is 20.2. The van der Waals surface area contributed by atoms with Crippen LogP contribution in [0.4, 0.5) is 0 Å². The molecule has 0 N–H and O–H groups in total. The lowest BCUT2D eigenvalue weighted by molar-refractivity contribution is 1.32. The van der Waals surface area contributed by atoms with Gasteiger partial charge >= 0.3 is 0 Å². The zero-order valence-corrected chi connectivity index (χ0v) is 34.2. The highest BCUT2D eigenvalue weighted by Gasteiger charge is 2.12. The summed E-state index contributed by atoms with van der Waals surface area (Å²) in [6.07, 6.45) is 6.34. The minimum atomic E-state index is 0.924. The van der Waals surface area contributed by atoms with Crippen molar-refractivity contribution < 1.29 is 0 Å². The molecule has 290 valence electrons. The van der Waals surface area contributed by atoms with E-state index in [1.54, 1.807) is 0 Å². The van der Waals surface area contributed by atoms with E-state index < -0.39 is 0 Å². The second-order valence-corrected chi connectivity index (χ2v) is 15.4. The Bertz CT molecular complexity index is 2990. The van der Waals surface area contributed by atoms with Crippen molar-refractivity contribution in [1.82, 2.24) is 4.98 Å². The van der Waals surface area contributed by atoms with Gasteiger partial charge in [0, 0.05) is 11.1 Å². The van der Waals surface area contributed by atoms with Crippen molar-refractivity contribution in [3.8, 4) is 78.1 Å². The van der Waals surface area contributed by atoms with Crippen molar-refractivity contribution in [3.63, 3.8) is 0 Å². The standard InChI is InChI=1S/C60H45N/c1-43(45-30-32-48(33-31-45)46-18-6-3-7-19-46)16-12-17-44(2)52-24-13-28-56(38-52)58-41-59(51-22-10-5-11-23-51)61-60(42-58)57-29-15-27-55(40-57)54-26-14-25-53(39-54)50-36-34-49(35-37-50)47-20-8-4-9-21-47/h3-42H,2H2,1H3/b17-12-,43-16+. The highest BCUT2D eigenvalue weighted by molar-refractivity contribution is 5.83. The van der Waals surface area contributed by atoms with Gasteiger partial charge in [-0.05, 0) is 115 Å². The number of nitrogens with zero attached hydrogens (tertiary/aromatic N) is 1. The zero-order chi connectivity index (χ0) is 41.4. The predicted octanol–water partition coefficient (Wildman–Crippen LogP) is 16.4. The van der Waals surface area contributed by atoms with Gasteiger partial charge in [-0.3, -0.25) is 0 Å². The van der Waals surface area contributed by atoms with Crippen LogP contribution in [0.25, 0.3) is 89.3 Å². The lowest BCUT2D eigenvalue weighted by atomic mass is 9.94. The molecule has 0 aliphatic carbocycles. The topological polar surface area (TPSA) is 12.9 Å². The molecule has 0 fully saturated rings. The van der Waals surface area contributed by atoms with Gasteiger partial charge in [0.2, 0.25) is 0 Å². The van der Waals surface area contributed by atoms with E-state index in [2.05, 4.69) is 244 Å². The van der Waals surface area contributed by atoms with E-state index in [1.807, 2.05) is 12.1 Å². The summed E-state index contributed by atoms with van der Waals surface area (Å²) < 4.78 is 0. The molecule has 1 heteroatoms. The Morgan fingerprint density at radius 2 is 0.738 bits per heavy atom. The molecule has 0 unspecified atom stereocenters. The zero-order valence-electron chi connectivity index (χ0n) is 34.2. The second kappa shape index (κ2) is 18.0. The van der Waals surface area contributed by atoms with Crippen molar-refractivity contribution in [3.05, 3.63) is 260 Å². The van der Waals surface area contributed by atoms with Crippen LogP contribution in [0.5, 0.6) is 0 Å². The number of allylic oxidation sites excluding steroid dienone is 5. The highest BCUT2D eigenvalue weighted by atomic mass is 14.7. The third-order valence-corrected chi connectivity index (χ3v) is 11.2. The Hall–Kier alpha value is -7.87. The van der Waals surface area contributed by atoms with E-state index in [9.17, 15) is 0 Å². The summed E-state index contributed by atoms with van der Waals surface area (Å²) in [5.74, 6) is 0. The van der Waals surface area contributed by atoms with Gasteiger partial charge in [-0.2, -0.15) is 0 Å². The minimum absolute atomic E-state index is 0.924. The monoisotopic (exact) mass is 779 g/mol. The summed E-state index contributed by atoms with van der Waals surface area (Å²) in [6.45, 7) is 6.60. The molecule has 0 saturated carbocycles. The maximum Gasteiger partial charge on any atom is 0.0715 e. The molecule has 1 nitrogen and oxygen atoms in total. The van der Waals surface area contributed by atoms with Crippen LogP contribution in [0.2, 0.25) is 0 Å². The predicted molar refractivity (Wildman–Crippen MR) is 261 cm³/mol. The summed E-state index contributed by atoms with van der Waals surface area (Å²) in [7, 11) is 0. The van der Waals surface area contributed by atoms with Gasteiger partial charge in [0.25, 0.3) is 0 Å². The Morgan fingerprint density at radius 1 is 0.344 bits per heavy atom. The van der Waals surface area contributed by atoms with Crippen LogP contribution in [0, 0.1) is 0 Å². The van der Waals surface area contributed by atoms with Crippen molar-refractivity contribution in [2.45, 2.75) is 6.92 Å². The first kappa shape index (κ1) is 38.6. The third kappa shape index (κ3) is 9.08. The van der Waals surface area contributed by atoms with E-state index in [0.29, 0.717) is 0 Å². The van der Waals surface area contributed by atoms with Crippen LogP contribution >= 0.6 is 0 Å². The number of aromatic nitrogens is 1. The number of hydrogen-bond acceptors (Lipinski definition) is 1. The lowest BCUT2D eigenvalue weighted by Gasteiger charge is -2.13. The van der Waals surface area contributed by atoms with Crippen LogP contribution in [-0.2, 0) is 0 Å². The second-order valence-electron chi connectivity index (χ2n) is 15.4. The van der Waals surface area contributed by atoms with Gasteiger partial charge in [0.1, 0.15) is 0 Å². The van der Waals surface area contributed by atoms with Crippen LogP contribution in [0.1, 0.15) is 18.1 Å². The molecule has 0 amide bonds. The van der Waals surface area contributed by atoms with Gasteiger partial charge in [-0.1, -0.05) is 219 Å². The largest absolute Gasteiger partial charge is 0.248 e. The Kier molecular flexibility index (Phi) is 11.4. The molecular weight excluding hydrogens is 735 g/mol. The lowest BCUT2D eigenvalue weighted by Crippen LogP contribution is -1.92. The van der Waals surface area contributed by atoms with Crippen molar-refractivity contribution >= 4 is 11.1 Å². The molecule has 1 aromatic heterocycles. The molecular formula is C60H45N. The maximum absolute atomic E-state index is 5.26. The first-order chi connectivity index (χ1) is 30.0. The van der Waals surface area contributed by atoms with Crippen molar-refractivity contribution in [2.75, 3.05) is 0 Å². The van der Waals surface area contributed by atoms with E-state index in [4.69, 9.17) is 4.98 Å². The Labute approximate surface area is 360 Å². The number of benzene rings is 8. The summed E-state index contributed by atoms with van der Waals surface area (Å²) in [6, 6.07) is 79.6. The maximum atomic E-state index is 5.26. The molecule has 9 rings (SSSR count). The van der Waals surface area contributed by atoms with Gasteiger partial charge < -0.3 is 0 Å². The van der Waals surface area contributed by atoms with Gasteiger partial charge in [0.05, 0.1) is 11.4 Å². The quantitative estimate of drug-likeness (QED) is 0.119. The molecule has 0 bridgehead atoms.